The largest absolute Gasteiger partial charge is 0.482 e. The van der Waals surface area contributed by atoms with Gasteiger partial charge in [0.2, 0.25) is 0 Å². The minimum absolute atomic E-state index is 0.117. The van der Waals surface area contributed by atoms with Gasteiger partial charge in [-0.05, 0) is 48.2 Å². The van der Waals surface area contributed by atoms with E-state index in [2.05, 4.69) is 0 Å². The van der Waals surface area contributed by atoms with Gasteiger partial charge in [0.05, 0.1) is 10.6 Å². The van der Waals surface area contributed by atoms with E-state index >= 15 is 0 Å². The van der Waals surface area contributed by atoms with Crippen LogP contribution in [0.5, 0.6) is 5.75 Å². The Morgan fingerprint density at radius 1 is 1.06 bits per heavy atom. The van der Waals surface area contributed by atoms with E-state index in [-0.39, 0.29) is 40.2 Å². The lowest BCUT2D eigenvalue weighted by Gasteiger charge is -2.36. The highest BCUT2D eigenvalue weighted by Crippen LogP contribution is 2.46. The zero-order valence-corrected chi connectivity index (χ0v) is 17.6. The molecule has 10 heteroatoms. The summed E-state index contributed by atoms with van der Waals surface area (Å²) in [7, 11) is 0. The Morgan fingerprint density at radius 3 is 2.22 bits per heavy atom. The first kappa shape index (κ1) is 24.2. The van der Waals surface area contributed by atoms with E-state index in [9.17, 15) is 31.1 Å². The molecule has 0 amide bonds. The monoisotopic (exact) mass is 480 g/mol. The number of hydrogen-bond acceptors (Lipinski definition) is 3. The molecule has 0 heterocycles. The number of hydrogen-bond donors (Lipinski definition) is 0. The van der Waals surface area contributed by atoms with E-state index in [1.807, 2.05) is 0 Å². The summed E-state index contributed by atoms with van der Waals surface area (Å²) in [4.78, 5) is 11.6. The lowest BCUT2D eigenvalue weighted by atomic mass is 9.76. The number of carbonyl (C=O) groups is 1. The molecule has 1 fully saturated rings. The molecule has 0 radical (unpaired) electrons. The van der Waals surface area contributed by atoms with Gasteiger partial charge in [0.25, 0.3) is 0 Å². The molecule has 2 unspecified atom stereocenters. The molecule has 3 rings (SSSR count). The van der Waals surface area contributed by atoms with Gasteiger partial charge < -0.3 is 9.47 Å². The summed E-state index contributed by atoms with van der Waals surface area (Å²) in [5, 5.41) is -0.117. The van der Waals surface area contributed by atoms with E-state index < -0.39 is 30.6 Å². The molecular weight excluding hydrogens is 462 g/mol. The highest BCUT2D eigenvalue weighted by atomic mass is 35.5. The standard InChI is InChI=1S/C22H19ClF6O3/c1-2-19(30)32-18-8-7-15(18)13-9-16(12-3-5-14(6-4-12)22(27,28)29)20(17(23)10-13)31-11-21(24,25)26/h3-6,9-10,15,18H,2,7-8,11H2,1H3. The van der Waals surface area contributed by atoms with Gasteiger partial charge in [0.1, 0.15) is 11.9 Å². The summed E-state index contributed by atoms with van der Waals surface area (Å²) in [6, 6.07) is 6.92. The van der Waals surface area contributed by atoms with Gasteiger partial charge in [-0.1, -0.05) is 30.7 Å². The first-order valence-corrected chi connectivity index (χ1v) is 10.2. The summed E-state index contributed by atoms with van der Waals surface area (Å²) in [6.45, 7) is 0.0439. The molecule has 32 heavy (non-hydrogen) atoms. The van der Waals surface area contributed by atoms with Gasteiger partial charge in [0.15, 0.2) is 6.61 Å². The van der Waals surface area contributed by atoms with E-state index in [4.69, 9.17) is 21.1 Å². The maximum atomic E-state index is 12.9. The first-order valence-electron chi connectivity index (χ1n) is 9.79. The molecule has 0 bridgehead atoms. The second-order valence-corrected chi connectivity index (χ2v) is 7.83. The third-order valence-corrected chi connectivity index (χ3v) is 5.46. The topological polar surface area (TPSA) is 35.5 Å². The van der Waals surface area contributed by atoms with E-state index in [0.29, 0.717) is 18.4 Å². The number of carbonyl (C=O) groups excluding carboxylic acids is 1. The number of esters is 1. The van der Waals surface area contributed by atoms with Gasteiger partial charge >= 0.3 is 18.3 Å². The number of benzene rings is 2. The molecule has 3 nitrogen and oxygen atoms in total. The van der Waals surface area contributed by atoms with Crippen molar-refractivity contribution in [3.63, 3.8) is 0 Å². The fraction of sp³-hybridized carbons (Fsp3) is 0.409. The number of halogens is 7. The molecule has 0 aliphatic heterocycles. The van der Waals surface area contributed by atoms with Crippen molar-refractivity contribution in [1.82, 2.24) is 0 Å². The van der Waals surface area contributed by atoms with Crippen molar-refractivity contribution in [2.24, 2.45) is 0 Å². The van der Waals surface area contributed by atoms with E-state index in [0.717, 1.165) is 24.3 Å². The van der Waals surface area contributed by atoms with Crippen molar-refractivity contribution in [2.75, 3.05) is 6.61 Å². The van der Waals surface area contributed by atoms with Gasteiger partial charge in [0, 0.05) is 17.9 Å². The smallest absolute Gasteiger partial charge is 0.422 e. The molecule has 0 N–H and O–H groups in total. The van der Waals surface area contributed by atoms with Crippen LogP contribution in [0, 0.1) is 0 Å². The summed E-state index contributed by atoms with van der Waals surface area (Å²) in [5.74, 6) is -0.888. The van der Waals surface area contributed by atoms with Crippen LogP contribution in [-0.4, -0.2) is 24.9 Å². The summed E-state index contributed by atoms with van der Waals surface area (Å²) < 4.78 is 87.2. The zero-order valence-electron chi connectivity index (χ0n) is 16.8. The lowest BCUT2D eigenvalue weighted by molar-refractivity contribution is -0.154. The van der Waals surface area contributed by atoms with Crippen LogP contribution in [0.3, 0.4) is 0 Å². The average Bonchev–Trinajstić information content (AvgIpc) is 2.68. The lowest BCUT2D eigenvalue weighted by Crippen LogP contribution is -2.34. The fourth-order valence-corrected chi connectivity index (χ4v) is 3.71. The maximum Gasteiger partial charge on any atom is 0.422 e. The van der Waals surface area contributed by atoms with Gasteiger partial charge in [-0.2, -0.15) is 26.3 Å². The van der Waals surface area contributed by atoms with Crippen molar-refractivity contribution in [3.8, 4) is 16.9 Å². The quantitative estimate of drug-likeness (QED) is 0.325. The Labute approximate surface area is 185 Å². The van der Waals surface area contributed by atoms with Crippen molar-refractivity contribution in [3.05, 3.63) is 52.5 Å². The number of ether oxygens (including phenoxy) is 2. The van der Waals surface area contributed by atoms with Gasteiger partial charge in [-0.25, -0.2) is 0 Å². The van der Waals surface area contributed by atoms with E-state index in [1.54, 1.807) is 6.92 Å². The molecule has 1 saturated carbocycles. The van der Waals surface area contributed by atoms with Crippen molar-refractivity contribution in [2.45, 2.75) is 50.6 Å². The van der Waals surface area contributed by atoms with Crippen LogP contribution >= 0.6 is 11.6 Å². The third kappa shape index (κ3) is 5.68. The van der Waals surface area contributed by atoms with Crippen molar-refractivity contribution in [1.29, 1.82) is 0 Å². The Kier molecular flexibility index (Phi) is 6.97. The maximum absolute atomic E-state index is 12.9. The molecule has 2 aromatic carbocycles. The van der Waals surface area contributed by atoms with Crippen LogP contribution in [0.4, 0.5) is 26.3 Å². The van der Waals surface area contributed by atoms with Crippen LogP contribution in [0.25, 0.3) is 11.1 Å². The Balaban J connectivity index is 2.00. The number of rotatable bonds is 6. The van der Waals surface area contributed by atoms with Gasteiger partial charge in [-0.15, -0.1) is 0 Å². The summed E-state index contributed by atoms with van der Waals surface area (Å²) in [6.07, 6.45) is -8.11. The van der Waals surface area contributed by atoms with Crippen LogP contribution in [-0.2, 0) is 15.7 Å². The van der Waals surface area contributed by atoms with Gasteiger partial charge in [-0.3, -0.25) is 4.79 Å². The predicted octanol–water partition coefficient (Wildman–Crippen LogP) is 7.17. The highest BCUT2D eigenvalue weighted by Gasteiger charge is 2.37. The molecule has 0 spiro atoms. The SMILES string of the molecule is CCC(=O)OC1CCC1c1cc(Cl)c(OCC(F)(F)F)c(-c2ccc(C(F)(F)F)cc2)c1. The predicted molar refractivity (Wildman–Crippen MR) is 106 cm³/mol. The summed E-state index contributed by atoms with van der Waals surface area (Å²) in [5.41, 5.74) is 0.0366. The Morgan fingerprint density at radius 2 is 1.72 bits per heavy atom. The molecule has 2 aromatic rings. The van der Waals surface area contributed by atoms with Crippen LogP contribution in [0.15, 0.2) is 36.4 Å². The minimum Gasteiger partial charge on any atom is -0.482 e. The molecule has 2 atom stereocenters. The molecule has 174 valence electrons. The van der Waals surface area contributed by atoms with Crippen LogP contribution in [0.2, 0.25) is 5.02 Å². The first-order chi connectivity index (χ1) is 14.9. The highest BCUT2D eigenvalue weighted by molar-refractivity contribution is 6.32. The zero-order chi connectivity index (χ0) is 23.7. The second-order valence-electron chi connectivity index (χ2n) is 7.42. The second kappa shape index (κ2) is 9.21. The van der Waals surface area contributed by atoms with Crippen molar-refractivity contribution < 1.29 is 40.6 Å². The molecule has 1 aliphatic rings. The Hall–Kier alpha value is -2.42. The van der Waals surface area contributed by atoms with Crippen LogP contribution in [0.1, 0.15) is 43.2 Å². The van der Waals surface area contributed by atoms with Crippen LogP contribution < -0.4 is 4.74 Å². The fourth-order valence-electron chi connectivity index (χ4n) is 3.43. The Bertz CT molecular complexity index is 969. The molecular formula is C22H19ClF6O3. The average molecular weight is 481 g/mol. The molecule has 0 saturated heterocycles. The normalized spacial score (nSPS) is 18.8. The molecule has 0 aromatic heterocycles. The van der Waals surface area contributed by atoms with E-state index in [1.165, 1.54) is 12.1 Å². The van der Waals surface area contributed by atoms with Crippen molar-refractivity contribution >= 4 is 17.6 Å². The third-order valence-electron chi connectivity index (χ3n) is 5.18. The number of alkyl halides is 6. The molecule has 1 aliphatic carbocycles. The summed E-state index contributed by atoms with van der Waals surface area (Å²) >= 11 is 6.24. The minimum atomic E-state index is -4.63.